The molecule has 0 amide bonds. The Balaban J connectivity index is 1.91. The van der Waals surface area contributed by atoms with Crippen molar-refractivity contribution in [3.05, 3.63) is 52.6 Å². The molecule has 2 aromatic heterocycles. The van der Waals surface area contributed by atoms with Gasteiger partial charge in [0.1, 0.15) is 5.82 Å². The fraction of sp³-hybridized carbons (Fsp3) is 0.312. The molecule has 5 nitrogen and oxygen atoms in total. The van der Waals surface area contributed by atoms with Gasteiger partial charge in [0.05, 0.1) is 0 Å². The number of aromatic nitrogens is 4. The molecule has 0 unspecified atom stereocenters. The zero-order valence-electron chi connectivity index (χ0n) is 12.8. The third-order valence-corrected chi connectivity index (χ3v) is 3.77. The predicted octanol–water partition coefficient (Wildman–Crippen LogP) is 2.97. The number of benzene rings is 1. The third kappa shape index (κ3) is 2.46. The standard InChI is InChI=1S/C16H19N5/c1-10-7-11(2)14(12(3)8-10)9-18-15-16-20-19-13(4)21(16)6-5-17-15/h5-8H,9H2,1-4H3,(H,17,18). The van der Waals surface area contributed by atoms with Crippen LogP contribution >= 0.6 is 0 Å². The zero-order valence-corrected chi connectivity index (χ0v) is 12.8. The van der Waals surface area contributed by atoms with Crippen molar-refractivity contribution < 1.29 is 0 Å². The van der Waals surface area contributed by atoms with Crippen LogP contribution in [0.2, 0.25) is 0 Å². The summed E-state index contributed by atoms with van der Waals surface area (Å²) in [7, 11) is 0. The van der Waals surface area contributed by atoms with E-state index < -0.39 is 0 Å². The first-order valence-corrected chi connectivity index (χ1v) is 7.03. The van der Waals surface area contributed by atoms with Crippen LogP contribution in [0.25, 0.3) is 5.65 Å². The average Bonchev–Trinajstić information content (AvgIpc) is 2.80. The van der Waals surface area contributed by atoms with E-state index in [4.69, 9.17) is 0 Å². The maximum atomic E-state index is 4.38. The Morgan fingerprint density at radius 2 is 1.76 bits per heavy atom. The van der Waals surface area contributed by atoms with E-state index in [1.807, 2.05) is 17.5 Å². The molecule has 0 saturated heterocycles. The highest BCUT2D eigenvalue weighted by Gasteiger charge is 2.09. The van der Waals surface area contributed by atoms with E-state index in [0.29, 0.717) is 0 Å². The second-order valence-corrected chi connectivity index (χ2v) is 5.45. The van der Waals surface area contributed by atoms with Crippen molar-refractivity contribution in [2.75, 3.05) is 5.32 Å². The maximum absolute atomic E-state index is 4.38. The van der Waals surface area contributed by atoms with Crippen molar-refractivity contribution in [3.8, 4) is 0 Å². The minimum atomic E-state index is 0.733. The molecule has 0 spiro atoms. The molecule has 0 radical (unpaired) electrons. The normalized spacial score (nSPS) is 11.0. The first-order valence-electron chi connectivity index (χ1n) is 7.03. The van der Waals surface area contributed by atoms with Gasteiger partial charge in [0.15, 0.2) is 5.82 Å². The van der Waals surface area contributed by atoms with Crippen LogP contribution in [-0.2, 0) is 6.54 Å². The largest absolute Gasteiger partial charge is 0.363 e. The quantitative estimate of drug-likeness (QED) is 0.802. The Hall–Kier alpha value is -2.43. The van der Waals surface area contributed by atoms with Gasteiger partial charge in [-0.15, -0.1) is 10.2 Å². The monoisotopic (exact) mass is 281 g/mol. The second kappa shape index (κ2) is 5.16. The van der Waals surface area contributed by atoms with Gasteiger partial charge >= 0.3 is 0 Å². The zero-order chi connectivity index (χ0) is 15.0. The van der Waals surface area contributed by atoms with E-state index in [1.165, 1.54) is 22.3 Å². The van der Waals surface area contributed by atoms with Crippen molar-refractivity contribution in [1.29, 1.82) is 0 Å². The Morgan fingerprint density at radius 1 is 1.05 bits per heavy atom. The van der Waals surface area contributed by atoms with Crippen molar-refractivity contribution in [2.24, 2.45) is 0 Å². The summed E-state index contributed by atoms with van der Waals surface area (Å²) in [4.78, 5) is 4.38. The number of nitrogens with zero attached hydrogens (tertiary/aromatic N) is 4. The van der Waals surface area contributed by atoms with Crippen LogP contribution in [0.4, 0.5) is 5.82 Å². The number of hydrogen-bond acceptors (Lipinski definition) is 4. The molecule has 0 atom stereocenters. The van der Waals surface area contributed by atoms with Gasteiger partial charge in [0, 0.05) is 18.9 Å². The van der Waals surface area contributed by atoms with E-state index in [-0.39, 0.29) is 0 Å². The Morgan fingerprint density at radius 3 is 2.48 bits per heavy atom. The summed E-state index contributed by atoms with van der Waals surface area (Å²) < 4.78 is 1.93. The van der Waals surface area contributed by atoms with E-state index in [9.17, 15) is 0 Å². The molecule has 3 rings (SSSR count). The lowest BCUT2D eigenvalue weighted by Gasteiger charge is -2.13. The fourth-order valence-electron chi connectivity index (χ4n) is 2.73. The highest BCUT2D eigenvalue weighted by molar-refractivity contribution is 5.62. The number of anilines is 1. The van der Waals surface area contributed by atoms with Crippen molar-refractivity contribution >= 4 is 11.5 Å². The number of fused-ring (bicyclic) bond motifs is 1. The smallest absolute Gasteiger partial charge is 0.203 e. The molecule has 3 aromatic rings. The summed E-state index contributed by atoms with van der Waals surface area (Å²) in [6, 6.07) is 4.42. The Labute approximate surface area is 124 Å². The van der Waals surface area contributed by atoms with Gasteiger partial charge in [-0.1, -0.05) is 17.7 Å². The minimum absolute atomic E-state index is 0.733. The summed E-state index contributed by atoms with van der Waals surface area (Å²) in [6.07, 6.45) is 3.64. The van der Waals surface area contributed by atoms with Gasteiger partial charge < -0.3 is 5.32 Å². The van der Waals surface area contributed by atoms with Crippen molar-refractivity contribution in [2.45, 2.75) is 34.2 Å². The van der Waals surface area contributed by atoms with E-state index >= 15 is 0 Å². The summed E-state index contributed by atoms with van der Waals surface area (Å²) in [6.45, 7) is 9.07. The van der Waals surface area contributed by atoms with Crippen molar-refractivity contribution in [3.63, 3.8) is 0 Å². The molecule has 1 aromatic carbocycles. The number of hydrogen-bond donors (Lipinski definition) is 1. The molecule has 0 fully saturated rings. The van der Waals surface area contributed by atoms with Gasteiger partial charge in [0.2, 0.25) is 5.65 Å². The van der Waals surface area contributed by atoms with Crippen LogP contribution in [-0.4, -0.2) is 19.6 Å². The van der Waals surface area contributed by atoms with Crippen LogP contribution in [0.1, 0.15) is 28.1 Å². The minimum Gasteiger partial charge on any atom is -0.363 e. The highest BCUT2D eigenvalue weighted by Crippen LogP contribution is 2.19. The average molecular weight is 281 g/mol. The van der Waals surface area contributed by atoms with Gasteiger partial charge in [0.25, 0.3) is 0 Å². The predicted molar refractivity (Wildman–Crippen MR) is 83.5 cm³/mol. The lowest BCUT2D eigenvalue weighted by molar-refractivity contribution is 0.998. The van der Waals surface area contributed by atoms with Crippen molar-refractivity contribution in [1.82, 2.24) is 19.6 Å². The van der Waals surface area contributed by atoms with E-state index in [2.05, 4.69) is 53.4 Å². The molecule has 0 aliphatic carbocycles. The molecule has 0 aliphatic heterocycles. The SMILES string of the molecule is Cc1cc(C)c(CNc2nccn3c(C)nnc23)c(C)c1. The molecular weight excluding hydrogens is 262 g/mol. The molecule has 21 heavy (non-hydrogen) atoms. The molecule has 1 N–H and O–H groups in total. The summed E-state index contributed by atoms with van der Waals surface area (Å²) in [5.74, 6) is 1.62. The van der Waals surface area contributed by atoms with Gasteiger partial charge in [-0.05, 0) is 44.4 Å². The molecule has 0 saturated carbocycles. The molecule has 0 bridgehead atoms. The summed E-state index contributed by atoms with van der Waals surface area (Å²) >= 11 is 0. The molecule has 108 valence electrons. The van der Waals surface area contributed by atoms with Crippen LogP contribution < -0.4 is 5.32 Å². The molecular formula is C16H19N5. The lowest BCUT2D eigenvalue weighted by atomic mass is 10.00. The maximum Gasteiger partial charge on any atom is 0.203 e. The number of rotatable bonds is 3. The Kier molecular flexibility index (Phi) is 3.33. The van der Waals surface area contributed by atoms with E-state index in [1.54, 1.807) is 6.20 Å². The van der Waals surface area contributed by atoms with Gasteiger partial charge in [-0.25, -0.2) is 4.98 Å². The topological polar surface area (TPSA) is 55.1 Å². The number of nitrogens with one attached hydrogen (secondary N) is 1. The number of aryl methyl sites for hydroxylation is 4. The molecule has 0 aliphatic rings. The summed E-state index contributed by atoms with van der Waals surface area (Å²) in [5.41, 5.74) is 5.95. The Bertz CT molecular complexity index is 781. The molecule has 5 heteroatoms. The van der Waals surface area contributed by atoms with Crippen LogP contribution in [0, 0.1) is 27.7 Å². The van der Waals surface area contributed by atoms with E-state index in [0.717, 1.165) is 23.8 Å². The third-order valence-electron chi connectivity index (χ3n) is 3.77. The first kappa shape index (κ1) is 13.5. The highest BCUT2D eigenvalue weighted by atomic mass is 15.3. The van der Waals surface area contributed by atoms with Crippen LogP contribution in [0.5, 0.6) is 0 Å². The van der Waals surface area contributed by atoms with Crippen LogP contribution in [0.3, 0.4) is 0 Å². The second-order valence-electron chi connectivity index (χ2n) is 5.45. The van der Waals surface area contributed by atoms with Gasteiger partial charge in [-0.2, -0.15) is 0 Å². The van der Waals surface area contributed by atoms with Crippen LogP contribution in [0.15, 0.2) is 24.5 Å². The first-order chi connectivity index (χ1) is 10.1. The molecule has 2 heterocycles. The van der Waals surface area contributed by atoms with Gasteiger partial charge in [-0.3, -0.25) is 4.40 Å². The summed E-state index contributed by atoms with van der Waals surface area (Å²) in [5, 5.41) is 11.7. The fourth-order valence-corrected chi connectivity index (χ4v) is 2.73. The lowest BCUT2D eigenvalue weighted by Crippen LogP contribution is -2.07.